The van der Waals surface area contributed by atoms with E-state index in [1.165, 1.54) is 62.5 Å². The topological polar surface area (TPSA) is 35.5 Å². The summed E-state index contributed by atoms with van der Waals surface area (Å²) in [4.78, 5) is 12.3. The number of rotatable bonds is 19. The highest BCUT2D eigenvalue weighted by molar-refractivity contribution is 5.69. The van der Waals surface area contributed by atoms with Gasteiger partial charge in [-0.15, -0.1) is 0 Å². The van der Waals surface area contributed by atoms with Gasteiger partial charge in [-0.25, -0.2) is 0 Å². The molecule has 0 saturated carbocycles. The minimum atomic E-state index is -0.119. The molecule has 0 aliphatic carbocycles. The van der Waals surface area contributed by atoms with Crippen molar-refractivity contribution < 1.29 is 14.3 Å². The maximum absolute atomic E-state index is 12.3. The Morgan fingerprint density at radius 2 is 1.30 bits per heavy atom. The van der Waals surface area contributed by atoms with E-state index in [0.717, 1.165) is 25.7 Å². The fraction of sp³-hybridized carbons (Fsp3) is 0.567. The Morgan fingerprint density at radius 3 is 1.94 bits per heavy atom. The lowest BCUT2D eigenvalue weighted by Gasteiger charge is -2.18. The molecule has 0 heterocycles. The molecule has 0 saturated heterocycles. The molecule has 2 aromatic rings. The summed E-state index contributed by atoms with van der Waals surface area (Å²) in [6, 6.07) is 20.4. The summed E-state index contributed by atoms with van der Waals surface area (Å²) < 4.78 is 11.7. The van der Waals surface area contributed by atoms with Gasteiger partial charge in [-0.2, -0.15) is 0 Å². The number of hydrogen-bond acceptors (Lipinski definition) is 3. The number of ether oxygens (including phenoxy) is 2. The minimum Gasteiger partial charge on any atom is -0.465 e. The molecule has 0 radical (unpaired) electrons. The maximum Gasteiger partial charge on any atom is 0.305 e. The van der Waals surface area contributed by atoms with Crippen LogP contribution in [0.3, 0.4) is 0 Å². The zero-order valence-electron chi connectivity index (χ0n) is 20.7. The van der Waals surface area contributed by atoms with Crippen molar-refractivity contribution in [1.82, 2.24) is 0 Å². The van der Waals surface area contributed by atoms with E-state index in [2.05, 4.69) is 31.2 Å². The molecule has 1 unspecified atom stereocenters. The lowest BCUT2D eigenvalue weighted by Crippen LogP contribution is -2.16. The van der Waals surface area contributed by atoms with Crippen LogP contribution >= 0.6 is 0 Å². The third kappa shape index (κ3) is 13.9. The molecular weight excluding hydrogens is 408 g/mol. The zero-order chi connectivity index (χ0) is 23.4. The van der Waals surface area contributed by atoms with Crippen molar-refractivity contribution in [2.75, 3.05) is 6.61 Å². The fourth-order valence-corrected chi connectivity index (χ4v) is 4.06. The summed E-state index contributed by atoms with van der Waals surface area (Å²) in [5.41, 5.74) is 2.37. The predicted molar refractivity (Wildman–Crippen MR) is 137 cm³/mol. The second-order valence-electron chi connectivity index (χ2n) is 9.03. The van der Waals surface area contributed by atoms with Gasteiger partial charge in [0.15, 0.2) is 0 Å². The van der Waals surface area contributed by atoms with Crippen molar-refractivity contribution in [3.05, 3.63) is 71.8 Å². The highest BCUT2D eigenvalue weighted by Gasteiger charge is 2.13. The number of esters is 1. The van der Waals surface area contributed by atoms with Crippen LogP contribution in [0.1, 0.15) is 95.1 Å². The van der Waals surface area contributed by atoms with E-state index in [4.69, 9.17) is 9.47 Å². The summed E-state index contributed by atoms with van der Waals surface area (Å²) in [5, 5.41) is 0. The standard InChI is InChI=1S/C30H44O3/c1-2-3-4-5-6-7-8-9-16-21-29(33-26-28-19-14-11-15-20-28)22-23-30(31)32-25-24-27-17-12-10-13-18-27/h10-15,17-20,29H,2-9,16,21-26H2,1H3. The molecule has 0 aliphatic rings. The van der Waals surface area contributed by atoms with E-state index in [-0.39, 0.29) is 12.1 Å². The number of carbonyl (C=O) groups excluding carboxylic acids is 1. The van der Waals surface area contributed by atoms with Crippen LogP contribution < -0.4 is 0 Å². The normalized spacial score (nSPS) is 11.9. The monoisotopic (exact) mass is 452 g/mol. The third-order valence-corrected chi connectivity index (χ3v) is 6.13. The molecular formula is C30H44O3. The van der Waals surface area contributed by atoms with Crippen LogP contribution in [0.2, 0.25) is 0 Å². The third-order valence-electron chi connectivity index (χ3n) is 6.13. The second-order valence-corrected chi connectivity index (χ2v) is 9.03. The Bertz CT molecular complexity index is 714. The highest BCUT2D eigenvalue weighted by atomic mass is 16.5. The summed E-state index contributed by atoms with van der Waals surface area (Å²) in [6.07, 6.45) is 14.9. The summed E-state index contributed by atoms with van der Waals surface area (Å²) in [5.74, 6) is -0.119. The van der Waals surface area contributed by atoms with Crippen molar-refractivity contribution >= 4 is 5.97 Å². The molecule has 0 amide bonds. The maximum atomic E-state index is 12.3. The number of carbonyl (C=O) groups is 1. The molecule has 33 heavy (non-hydrogen) atoms. The molecule has 3 nitrogen and oxygen atoms in total. The number of unbranched alkanes of at least 4 members (excludes halogenated alkanes) is 8. The van der Waals surface area contributed by atoms with Gasteiger partial charge in [-0.1, -0.05) is 125 Å². The van der Waals surface area contributed by atoms with Crippen LogP contribution in [0.5, 0.6) is 0 Å². The van der Waals surface area contributed by atoms with E-state index in [9.17, 15) is 4.79 Å². The van der Waals surface area contributed by atoms with Gasteiger partial charge in [0.2, 0.25) is 0 Å². The van der Waals surface area contributed by atoms with Crippen LogP contribution in [-0.2, 0) is 27.3 Å². The van der Waals surface area contributed by atoms with Crippen molar-refractivity contribution in [3.63, 3.8) is 0 Å². The molecule has 0 aromatic heterocycles. The Kier molecular flexibility index (Phi) is 15.0. The molecule has 2 rings (SSSR count). The van der Waals surface area contributed by atoms with Gasteiger partial charge in [0.25, 0.3) is 0 Å². The highest BCUT2D eigenvalue weighted by Crippen LogP contribution is 2.17. The van der Waals surface area contributed by atoms with Crippen LogP contribution in [0.25, 0.3) is 0 Å². The van der Waals surface area contributed by atoms with Crippen molar-refractivity contribution in [1.29, 1.82) is 0 Å². The molecule has 0 aliphatic heterocycles. The molecule has 2 aromatic carbocycles. The summed E-state index contributed by atoms with van der Waals surface area (Å²) in [7, 11) is 0. The Labute approximate surface area is 201 Å². The van der Waals surface area contributed by atoms with E-state index in [0.29, 0.717) is 19.6 Å². The van der Waals surface area contributed by atoms with Crippen LogP contribution in [0.4, 0.5) is 0 Å². The van der Waals surface area contributed by atoms with Crippen molar-refractivity contribution in [2.45, 2.75) is 103 Å². The smallest absolute Gasteiger partial charge is 0.305 e. The molecule has 0 fully saturated rings. The lowest BCUT2D eigenvalue weighted by atomic mass is 10.0. The van der Waals surface area contributed by atoms with Gasteiger partial charge >= 0.3 is 5.97 Å². The largest absolute Gasteiger partial charge is 0.465 e. The summed E-state index contributed by atoms with van der Waals surface area (Å²) in [6.45, 7) is 3.31. The predicted octanol–water partition coefficient (Wildman–Crippen LogP) is 8.06. The molecule has 182 valence electrons. The van der Waals surface area contributed by atoms with Crippen molar-refractivity contribution in [2.24, 2.45) is 0 Å². The van der Waals surface area contributed by atoms with Crippen LogP contribution in [0, 0.1) is 0 Å². The van der Waals surface area contributed by atoms with Gasteiger partial charge in [-0.05, 0) is 24.0 Å². The molecule has 1 atom stereocenters. The minimum absolute atomic E-state index is 0.108. The van der Waals surface area contributed by atoms with E-state index < -0.39 is 0 Å². The Morgan fingerprint density at radius 1 is 0.727 bits per heavy atom. The quantitative estimate of drug-likeness (QED) is 0.160. The molecule has 0 bridgehead atoms. The molecule has 0 spiro atoms. The van der Waals surface area contributed by atoms with Crippen LogP contribution in [-0.4, -0.2) is 18.7 Å². The molecule has 0 N–H and O–H groups in total. The number of benzene rings is 2. The number of hydrogen-bond donors (Lipinski definition) is 0. The first kappa shape index (κ1) is 27.1. The first-order valence-corrected chi connectivity index (χ1v) is 13.1. The van der Waals surface area contributed by atoms with Crippen molar-refractivity contribution in [3.8, 4) is 0 Å². The van der Waals surface area contributed by atoms with Gasteiger partial charge < -0.3 is 9.47 Å². The zero-order valence-corrected chi connectivity index (χ0v) is 20.7. The summed E-state index contributed by atoms with van der Waals surface area (Å²) >= 11 is 0. The first-order chi connectivity index (χ1) is 16.3. The van der Waals surface area contributed by atoms with E-state index in [1.54, 1.807) is 0 Å². The fourth-order valence-electron chi connectivity index (χ4n) is 4.06. The Hall–Kier alpha value is -2.13. The Balaban J connectivity index is 1.65. The average Bonchev–Trinajstić information content (AvgIpc) is 2.85. The first-order valence-electron chi connectivity index (χ1n) is 13.1. The van der Waals surface area contributed by atoms with Gasteiger partial charge in [0, 0.05) is 12.8 Å². The van der Waals surface area contributed by atoms with E-state index in [1.807, 2.05) is 36.4 Å². The van der Waals surface area contributed by atoms with E-state index >= 15 is 0 Å². The van der Waals surface area contributed by atoms with Gasteiger partial charge in [0.1, 0.15) is 0 Å². The van der Waals surface area contributed by atoms with Gasteiger partial charge in [-0.3, -0.25) is 4.79 Å². The van der Waals surface area contributed by atoms with Crippen LogP contribution in [0.15, 0.2) is 60.7 Å². The molecule has 3 heteroatoms. The average molecular weight is 453 g/mol. The van der Waals surface area contributed by atoms with Gasteiger partial charge in [0.05, 0.1) is 19.3 Å². The SMILES string of the molecule is CCCCCCCCCCCC(CCC(=O)OCCc1ccccc1)OCc1ccccc1. The lowest BCUT2D eigenvalue weighted by molar-refractivity contribution is -0.144. The second kappa shape index (κ2) is 18.3.